The summed E-state index contributed by atoms with van der Waals surface area (Å²) < 4.78 is 9.94. The zero-order valence-corrected chi connectivity index (χ0v) is 13.2. The molecule has 0 aromatic carbocycles. The standard InChI is InChI=1S/C14H24O3Si/c1-12(8-7-9-14(15)17-3)13(16-2)10-11-18(4,5)6/h7-8,12-13H,9H2,1-6H3/b8-7+/t12-,13-/m0/s1. The van der Waals surface area contributed by atoms with Gasteiger partial charge in [-0.15, -0.1) is 5.54 Å². The lowest BCUT2D eigenvalue weighted by molar-refractivity contribution is -0.139. The highest BCUT2D eigenvalue weighted by molar-refractivity contribution is 6.83. The second-order valence-electron chi connectivity index (χ2n) is 5.24. The molecule has 3 nitrogen and oxygen atoms in total. The molecule has 102 valence electrons. The van der Waals surface area contributed by atoms with E-state index in [4.69, 9.17) is 4.74 Å². The maximum absolute atomic E-state index is 11.0. The van der Waals surface area contributed by atoms with E-state index in [-0.39, 0.29) is 18.0 Å². The number of rotatable bonds is 5. The van der Waals surface area contributed by atoms with E-state index >= 15 is 0 Å². The van der Waals surface area contributed by atoms with Crippen molar-refractivity contribution in [1.29, 1.82) is 0 Å². The lowest BCUT2D eigenvalue weighted by Gasteiger charge is -2.15. The highest BCUT2D eigenvalue weighted by Crippen LogP contribution is 2.09. The number of hydrogen-bond donors (Lipinski definition) is 0. The molecule has 2 atom stereocenters. The average molecular weight is 268 g/mol. The fourth-order valence-corrected chi connectivity index (χ4v) is 1.83. The Morgan fingerprint density at radius 1 is 1.33 bits per heavy atom. The summed E-state index contributed by atoms with van der Waals surface area (Å²) in [4.78, 5) is 11.0. The molecule has 0 saturated heterocycles. The van der Waals surface area contributed by atoms with Crippen LogP contribution in [0.3, 0.4) is 0 Å². The van der Waals surface area contributed by atoms with E-state index in [9.17, 15) is 4.79 Å². The molecule has 0 aliphatic carbocycles. The number of hydrogen-bond acceptors (Lipinski definition) is 3. The van der Waals surface area contributed by atoms with Crippen LogP contribution < -0.4 is 0 Å². The monoisotopic (exact) mass is 268 g/mol. The third kappa shape index (κ3) is 8.10. The van der Waals surface area contributed by atoms with Crippen molar-refractivity contribution in [1.82, 2.24) is 0 Å². The highest BCUT2D eigenvalue weighted by Gasteiger charge is 2.13. The van der Waals surface area contributed by atoms with Crippen LogP contribution in [-0.2, 0) is 14.3 Å². The van der Waals surface area contributed by atoms with Crippen molar-refractivity contribution in [2.75, 3.05) is 14.2 Å². The SMILES string of the molecule is COC(=O)C/C=C/[C@H](C)[C@H](C#C[Si](C)(C)C)OC. The summed E-state index contributed by atoms with van der Waals surface area (Å²) in [6.45, 7) is 8.63. The molecule has 0 aromatic rings. The quantitative estimate of drug-likeness (QED) is 0.333. The first kappa shape index (κ1) is 16.9. The maximum Gasteiger partial charge on any atom is 0.309 e. The Hall–Kier alpha value is -1.05. The Morgan fingerprint density at radius 3 is 2.39 bits per heavy atom. The van der Waals surface area contributed by atoms with Crippen LogP contribution in [0.25, 0.3) is 0 Å². The van der Waals surface area contributed by atoms with Crippen LogP contribution in [0.5, 0.6) is 0 Å². The molecule has 0 spiro atoms. The lowest BCUT2D eigenvalue weighted by atomic mass is 10.0. The van der Waals surface area contributed by atoms with E-state index in [1.165, 1.54) is 7.11 Å². The van der Waals surface area contributed by atoms with Crippen molar-refractivity contribution < 1.29 is 14.3 Å². The molecular formula is C14H24O3Si. The lowest BCUT2D eigenvalue weighted by Crippen LogP contribution is -2.21. The van der Waals surface area contributed by atoms with Crippen molar-refractivity contribution in [3.05, 3.63) is 12.2 Å². The summed E-state index contributed by atoms with van der Waals surface area (Å²) in [5.41, 5.74) is 3.30. The van der Waals surface area contributed by atoms with Gasteiger partial charge in [0.1, 0.15) is 14.2 Å². The van der Waals surface area contributed by atoms with E-state index < -0.39 is 8.07 Å². The number of ether oxygens (including phenoxy) is 2. The van der Waals surface area contributed by atoms with Crippen LogP contribution in [0.4, 0.5) is 0 Å². The fourth-order valence-electron chi connectivity index (χ4n) is 1.26. The van der Waals surface area contributed by atoms with Crippen molar-refractivity contribution in [3.8, 4) is 11.5 Å². The van der Waals surface area contributed by atoms with Crippen molar-refractivity contribution in [2.24, 2.45) is 5.92 Å². The van der Waals surface area contributed by atoms with Gasteiger partial charge in [-0.25, -0.2) is 0 Å². The zero-order chi connectivity index (χ0) is 14.2. The number of esters is 1. The first-order valence-electron chi connectivity index (χ1n) is 6.09. The Labute approximate surface area is 112 Å². The van der Waals surface area contributed by atoms with Crippen LogP contribution in [0, 0.1) is 17.4 Å². The molecule has 0 heterocycles. The molecule has 0 bridgehead atoms. The van der Waals surface area contributed by atoms with Gasteiger partial charge in [-0.05, 0) is 0 Å². The minimum atomic E-state index is -1.38. The highest BCUT2D eigenvalue weighted by atomic mass is 28.3. The second-order valence-corrected chi connectivity index (χ2v) is 9.99. The van der Waals surface area contributed by atoms with E-state index in [2.05, 4.69) is 35.8 Å². The molecule has 0 rings (SSSR count). The van der Waals surface area contributed by atoms with Crippen LogP contribution in [0.1, 0.15) is 13.3 Å². The zero-order valence-electron chi connectivity index (χ0n) is 12.2. The molecule has 0 amide bonds. The van der Waals surface area contributed by atoms with Gasteiger partial charge in [-0.3, -0.25) is 4.79 Å². The topological polar surface area (TPSA) is 35.5 Å². The van der Waals surface area contributed by atoms with Gasteiger partial charge in [0.05, 0.1) is 13.5 Å². The largest absolute Gasteiger partial charge is 0.469 e. The molecule has 4 heteroatoms. The summed E-state index contributed by atoms with van der Waals surface area (Å²) in [6.07, 6.45) is 3.92. The van der Waals surface area contributed by atoms with Crippen molar-refractivity contribution in [3.63, 3.8) is 0 Å². The number of carbonyl (C=O) groups excluding carboxylic acids is 1. The van der Waals surface area contributed by atoms with Crippen molar-refractivity contribution >= 4 is 14.0 Å². The van der Waals surface area contributed by atoms with E-state index in [0.29, 0.717) is 6.42 Å². The Morgan fingerprint density at radius 2 is 1.94 bits per heavy atom. The van der Waals surface area contributed by atoms with E-state index in [1.807, 2.05) is 13.0 Å². The van der Waals surface area contributed by atoms with Crippen LogP contribution >= 0.6 is 0 Å². The molecule has 18 heavy (non-hydrogen) atoms. The molecule has 0 radical (unpaired) electrons. The molecule has 0 aliphatic heterocycles. The second kappa shape index (κ2) is 8.12. The Kier molecular flexibility index (Phi) is 7.64. The minimum Gasteiger partial charge on any atom is -0.469 e. The van der Waals surface area contributed by atoms with Crippen LogP contribution in [-0.4, -0.2) is 34.4 Å². The van der Waals surface area contributed by atoms with Gasteiger partial charge in [0.2, 0.25) is 0 Å². The van der Waals surface area contributed by atoms with Gasteiger partial charge in [-0.2, -0.15) is 0 Å². The van der Waals surface area contributed by atoms with E-state index in [1.54, 1.807) is 13.2 Å². The summed E-state index contributed by atoms with van der Waals surface area (Å²) in [5.74, 6) is 3.10. The molecule has 0 aliphatic rings. The Bertz CT molecular complexity index is 344. The summed E-state index contributed by atoms with van der Waals surface area (Å²) >= 11 is 0. The number of carbonyl (C=O) groups is 1. The molecule has 0 saturated carbocycles. The third-order valence-corrected chi connectivity index (χ3v) is 3.17. The number of methoxy groups -OCH3 is 2. The predicted molar refractivity (Wildman–Crippen MR) is 76.9 cm³/mol. The molecule has 0 aromatic heterocycles. The molecule has 0 fully saturated rings. The fraction of sp³-hybridized carbons (Fsp3) is 0.643. The van der Waals surface area contributed by atoms with E-state index in [0.717, 1.165) is 0 Å². The first-order valence-corrected chi connectivity index (χ1v) is 9.59. The van der Waals surface area contributed by atoms with Gasteiger partial charge in [-0.1, -0.05) is 44.6 Å². The first-order chi connectivity index (χ1) is 8.30. The van der Waals surface area contributed by atoms with Crippen molar-refractivity contribution in [2.45, 2.75) is 39.1 Å². The third-order valence-electron chi connectivity index (χ3n) is 2.27. The van der Waals surface area contributed by atoms with Gasteiger partial charge in [0.25, 0.3) is 0 Å². The minimum absolute atomic E-state index is 0.120. The molecular weight excluding hydrogens is 244 g/mol. The molecule has 0 unspecified atom stereocenters. The summed E-state index contributed by atoms with van der Waals surface area (Å²) in [5, 5.41) is 0. The normalized spacial score (nSPS) is 14.8. The Balaban J connectivity index is 4.47. The van der Waals surface area contributed by atoms with Gasteiger partial charge in [0, 0.05) is 13.0 Å². The molecule has 0 N–H and O–H groups in total. The predicted octanol–water partition coefficient (Wildman–Crippen LogP) is 2.64. The summed E-state index contributed by atoms with van der Waals surface area (Å²) in [7, 11) is 1.67. The van der Waals surface area contributed by atoms with Gasteiger partial charge < -0.3 is 9.47 Å². The maximum atomic E-state index is 11.0. The average Bonchev–Trinajstić information content (AvgIpc) is 2.28. The summed E-state index contributed by atoms with van der Waals surface area (Å²) in [6, 6.07) is 0. The van der Waals surface area contributed by atoms with Gasteiger partial charge in [0.15, 0.2) is 0 Å². The van der Waals surface area contributed by atoms with Crippen LogP contribution in [0.2, 0.25) is 19.6 Å². The van der Waals surface area contributed by atoms with Crippen LogP contribution in [0.15, 0.2) is 12.2 Å². The smallest absolute Gasteiger partial charge is 0.309 e. The van der Waals surface area contributed by atoms with Gasteiger partial charge >= 0.3 is 5.97 Å².